The first-order chi connectivity index (χ1) is 14.5. The Morgan fingerprint density at radius 2 is 1.97 bits per heavy atom. The molecule has 2 aliphatic rings. The number of amidine groups is 1. The lowest BCUT2D eigenvalue weighted by Gasteiger charge is -2.33. The first kappa shape index (κ1) is 19.5. The minimum atomic E-state index is -0.526. The van der Waals surface area contributed by atoms with Crippen molar-refractivity contribution in [1.82, 2.24) is 5.32 Å². The molecular formula is C22H20N4O4. The second kappa shape index (κ2) is 7.90. The minimum absolute atomic E-state index is 0.0424. The van der Waals surface area contributed by atoms with Crippen LogP contribution < -0.4 is 5.32 Å². The Labute approximate surface area is 173 Å². The van der Waals surface area contributed by atoms with Crippen molar-refractivity contribution < 1.29 is 14.5 Å². The molecule has 0 saturated heterocycles. The maximum atomic E-state index is 12.9. The van der Waals surface area contributed by atoms with E-state index in [1.165, 1.54) is 12.1 Å². The number of hydrogen-bond acceptors (Lipinski definition) is 7. The lowest BCUT2D eigenvalue weighted by atomic mass is 9.77. The van der Waals surface area contributed by atoms with Crippen LogP contribution in [-0.2, 0) is 9.53 Å². The number of aliphatic imine (C=N–C) groups is 2. The fraction of sp³-hybridized carbons (Fsp3) is 0.227. The number of carbonyl (C=O) groups is 1. The zero-order chi connectivity index (χ0) is 21.3. The normalized spacial score (nSPS) is 19.7. The van der Waals surface area contributed by atoms with Gasteiger partial charge in [-0.3, -0.25) is 15.1 Å². The quantitative estimate of drug-likeness (QED) is 0.467. The Bertz CT molecular complexity index is 1120. The number of non-ortho nitro benzene ring substituents is 1. The van der Waals surface area contributed by atoms with Gasteiger partial charge in [-0.15, -0.1) is 0 Å². The summed E-state index contributed by atoms with van der Waals surface area (Å²) < 4.78 is 5.30. The number of nitrogens with zero attached hydrogens (tertiary/aromatic N) is 3. The van der Waals surface area contributed by atoms with Gasteiger partial charge >= 0.3 is 5.97 Å². The highest BCUT2D eigenvalue weighted by Gasteiger charge is 2.40. The summed E-state index contributed by atoms with van der Waals surface area (Å²) in [5, 5.41) is 14.6. The van der Waals surface area contributed by atoms with Crippen LogP contribution in [0.15, 0.2) is 69.8 Å². The number of nitrogens with one attached hydrogen (secondary N) is 1. The van der Waals surface area contributed by atoms with Gasteiger partial charge in [-0.1, -0.05) is 24.3 Å². The molecular weight excluding hydrogens is 384 g/mol. The number of nitro groups is 1. The maximum Gasteiger partial charge on any atom is 0.336 e. The van der Waals surface area contributed by atoms with Crippen LogP contribution in [0, 0.1) is 16.0 Å². The van der Waals surface area contributed by atoms with E-state index in [4.69, 9.17) is 9.73 Å². The number of rotatable bonds is 4. The number of nitro benzene ring substituents is 1. The largest absolute Gasteiger partial charge is 0.463 e. The van der Waals surface area contributed by atoms with Crippen molar-refractivity contribution in [2.45, 2.75) is 19.8 Å². The Balaban J connectivity index is 1.90. The van der Waals surface area contributed by atoms with Crippen LogP contribution in [0.5, 0.6) is 0 Å². The van der Waals surface area contributed by atoms with Gasteiger partial charge < -0.3 is 10.1 Å². The molecule has 2 atom stereocenters. The van der Waals surface area contributed by atoms with Gasteiger partial charge in [0.15, 0.2) is 0 Å². The molecule has 0 radical (unpaired) electrons. The van der Waals surface area contributed by atoms with Gasteiger partial charge in [-0.25, -0.2) is 9.79 Å². The van der Waals surface area contributed by atoms with E-state index in [0.717, 1.165) is 0 Å². The molecule has 152 valence electrons. The summed E-state index contributed by atoms with van der Waals surface area (Å²) in [5.41, 5.74) is 3.03. The Hall–Kier alpha value is -3.81. The monoisotopic (exact) mass is 404 g/mol. The van der Waals surface area contributed by atoms with E-state index in [0.29, 0.717) is 34.0 Å². The van der Waals surface area contributed by atoms with Gasteiger partial charge in [0.1, 0.15) is 5.84 Å². The highest BCUT2D eigenvalue weighted by Crippen LogP contribution is 2.41. The van der Waals surface area contributed by atoms with Gasteiger partial charge in [-0.05, 0) is 31.5 Å². The highest BCUT2D eigenvalue weighted by molar-refractivity contribution is 6.07. The predicted octanol–water partition coefficient (Wildman–Crippen LogP) is 4.18. The predicted molar refractivity (Wildman–Crippen MR) is 113 cm³/mol. The summed E-state index contributed by atoms with van der Waals surface area (Å²) in [6.07, 6.45) is 1.74. The molecule has 1 unspecified atom stereocenters. The molecule has 1 N–H and O–H groups in total. The zero-order valence-electron chi connectivity index (χ0n) is 16.5. The third-order valence-corrected chi connectivity index (χ3v) is 5.14. The Kier molecular flexibility index (Phi) is 5.14. The molecule has 2 aliphatic heterocycles. The van der Waals surface area contributed by atoms with E-state index in [-0.39, 0.29) is 12.3 Å². The number of fused-ring (bicyclic) bond motifs is 2. The number of benzene rings is 2. The Morgan fingerprint density at radius 3 is 2.70 bits per heavy atom. The topological polar surface area (TPSA) is 106 Å². The fourth-order valence-electron chi connectivity index (χ4n) is 3.83. The molecule has 30 heavy (non-hydrogen) atoms. The van der Waals surface area contributed by atoms with E-state index >= 15 is 0 Å². The van der Waals surface area contributed by atoms with E-state index in [1.807, 2.05) is 24.3 Å². The summed E-state index contributed by atoms with van der Waals surface area (Å²) in [5.74, 6) is -0.775. The summed E-state index contributed by atoms with van der Waals surface area (Å²) in [4.78, 5) is 33.1. The molecule has 2 aromatic carbocycles. The number of hydrogen-bond donors (Lipinski definition) is 1. The molecule has 8 heteroatoms. The number of ether oxygens (including phenoxy) is 1. The highest BCUT2D eigenvalue weighted by atomic mass is 16.6. The van der Waals surface area contributed by atoms with Crippen molar-refractivity contribution in [3.63, 3.8) is 0 Å². The lowest BCUT2D eigenvalue weighted by Crippen LogP contribution is -2.42. The molecule has 0 spiro atoms. The van der Waals surface area contributed by atoms with Gasteiger partial charge in [0.05, 0.1) is 34.4 Å². The van der Waals surface area contributed by atoms with Crippen molar-refractivity contribution in [3.8, 4) is 0 Å². The molecule has 8 nitrogen and oxygen atoms in total. The van der Waals surface area contributed by atoms with Gasteiger partial charge in [-0.2, -0.15) is 0 Å². The van der Waals surface area contributed by atoms with Crippen molar-refractivity contribution in [2.75, 3.05) is 6.61 Å². The van der Waals surface area contributed by atoms with Gasteiger partial charge in [0.25, 0.3) is 5.69 Å². The third-order valence-electron chi connectivity index (χ3n) is 5.14. The Morgan fingerprint density at radius 1 is 1.20 bits per heavy atom. The van der Waals surface area contributed by atoms with Crippen LogP contribution in [0.1, 0.15) is 25.3 Å². The van der Waals surface area contributed by atoms with Gasteiger partial charge in [0, 0.05) is 30.0 Å². The standard InChI is InChI=1S/C22H20N4O4/c1-3-30-22(27)19-13(2)24-21-16(12-23-17-9-4-5-10-18(17)25-21)20(19)14-7-6-8-15(11-14)26(28)29/h4-12,16,20H,3H2,1-2H3,(H,24,25)/t16?,20-/m1/s1. The van der Waals surface area contributed by atoms with Crippen LogP contribution in [-0.4, -0.2) is 29.5 Å². The molecule has 0 aliphatic carbocycles. The first-order valence-corrected chi connectivity index (χ1v) is 9.60. The third kappa shape index (κ3) is 3.47. The van der Waals surface area contributed by atoms with Gasteiger partial charge in [0.2, 0.25) is 0 Å². The number of allylic oxidation sites excluding steroid dienone is 1. The number of esters is 1. The summed E-state index contributed by atoms with van der Waals surface area (Å²) in [6.45, 7) is 3.74. The van der Waals surface area contributed by atoms with E-state index in [2.05, 4.69) is 10.3 Å². The van der Waals surface area contributed by atoms with Crippen LogP contribution in [0.2, 0.25) is 0 Å². The van der Waals surface area contributed by atoms with Crippen LogP contribution in [0.3, 0.4) is 0 Å². The second-order valence-electron chi connectivity index (χ2n) is 7.00. The molecule has 0 fully saturated rings. The van der Waals surface area contributed by atoms with Crippen LogP contribution >= 0.6 is 0 Å². The molecule has 0 aromatic heterocycles. The molecule has 4 rings (SSSR count). The van der Waals surface area contributed by atoms with Crippen molar-refractivity contribution in [1.29, 1.82) is 0 Å². The zero-order valence-corrected chi connectivity index (χ0v) is 16.5. The lowest BCUT2D eigenvalue weighted by molar-refractivity contribution is -0.384. The van der Waals surface area contributed by atoms with Crippen LogP contribution in [0.25, 0.3) is 0 Å². The van der Waals surface area contributed by atoms with Crippen molar-refractivity contribution in [3.05, 3.63) is 75.5 Å². The molecule has 2 heterocycles. The maximum absolute atomic E-state index is 12.9. The fourth-order valence-corrected chi connectivity index (χ4v) is 3.83. The van der Waals surface area contributed by atoms with E-state index in [9.17, 15) is 14.9 Å². The van der Waals surface area contributed by atoms with Crippen molar-refractivity contribution in [2.24, 2.45) is 15.9 Å². The molecule has 0 amide bonds. The van der Waals surface area contributed by atoms with E-state index < -0.39 is 22.7 Å². The number of carbonyl (C=O) groups excluding carboxylic acids is 1. The second-order valence-corrected chi connectivity index (χ2v) is 7.00. The number of para-hydroxylation sites is 2. The molecule has 2 aromatic rings. The smallest absolute Gasteiger partial charge is 0.336 e. The molecule has 0 saturated carbocycles. The summed E-state index contributed by atoms with van der Waals surface area (Å²) >= 11 is 0. The average molecular weight is 404 g/mol. The first-order valence-electron chi connectivity index (χ1n) is 9.60. The molecule has 0 bridgehead atoms. The minimum Gasteiger partial charge on any atom is -0.463 e. The SMILES string of the molecule is CCOC(=O)C1=C(C)NC2=Nc3ccccc3N=CC2[C@H]1c1cccc([N+](=O)[O-])c1. The van der Waals surface area contributed by atoms with Crippen molar-refractivity contribution >= 4 is 35.1 Å². The summed E-state index contributed by atoms with van der Waals surface area (Å²) in [6, 6.07) is 13.8. The summed E-state index contributed by atoms with van der Waals surface area (Å²) in [7, 11) is 0. The van der Waals surface area contributed by atoms with E-state index in [1.54, 1.807) is 32.2 Å². The van der Waals surface area contributed by atoms with Crippen LogP contribution in [0.4, 0.5) is 17.1 Å². The average Bonchev–Trinajstić information content (AvgIpc) is 2.92.